The van der Waals surface area contributed by atoms with Gasteiger partial charge in [0.1, 0.15) is 0 Å². The lowest BCUT2D eigenvalue weighted by molar-refractivity contribution is -0.123. The summed E-state index contributed by atoms with van der Waals surface area (Å²) in [7, 11) is 0. The van der Waals surface area contributed by atoms with Gasteiger partial charge in [-0.2, -0.15) is 5.10 Å². The van der Waals surface area contributed by atoms with Gasteiger partial charge in [0, 0.05) is 38.6 Å². The average Bonchev–Trinajstić information content (AvgIpc) is 3.33. The van der Waals surface area contributed by atoms with Gasteiger partial charge in [-0.15, -0.1) is 0 Å². The van der Waals surface area contributed by atoms with Crippen molar-refractivity contribution in [2.45, 2.75) is 31.5 Å². The first-order valence-corrected chi connectivity index (χ1v) is 8.97. The summed E-state index contributed by atoms with van der Waals surface area (Å²) in [6.07, 6.45) is 6.11. The molecule has 1 amide bonds. The van der Waals surface area contributed by atoms with Gasteiger partial charge in [0.25, 0.3) is 0 Å². The number of carbonyl (C=O) groups is 1. The summed E-state index contributed by atoms with van der Waals surface area (Å²) in [5.41, 5.74) is 2.56. The highest BCUT2D eigenvalue weighted by Gasteiger charge is 2.27. The lowest BCUT2D eigenvalue weighted by Gasteiger charge is -2.34. The SMILES string of the molecule is O=C(CN1Cc2ccccc2[C@@H](n2cccn2)C1)NC[C@H]1CCCO1. The van der Waals surface area contributed by atoms with E-state index in [9.17, 15) is 4.79 Å². The Bertz CT molecular complexity index is 710. The van der Waals surface area contributed by atoms with Crippen LogP contribution < -0.4 is 5.32 Å². The Kier molecular flexibility index (Phi) is 4.81. The van der Waals surface area contributed by atoms with E-state index in [1.165, 1.54) is 11.1 Å². The van der Waals surface area contributed by atoms with Crippen LogP contribution in [0.4, 0.5) is 0 Å². The van der Waals surface area contributed by atoms with E-state index in [-0.39, 0.29) is 18.1 Å². The molecule has 0 spiro atoms. The summed E-state index contributed by atoms with van der Waals surface area (Å²) >= 11 is 0. The molecule has 0 aliphatic carbocycles. The topological polar surface area (TPSA) is 59.4 Å². The highest BCUT2D eigenvalue weighted by Crippen LogP contribution is 2.28. The Morgan fingerprint density at radius 3 is 3.04 bits per heavy atom. The van der Waals surface area contributed by atoms with Crippen LogP contribution in [-0.2, 0) is 16.1 Å². The molecule has 25 heavy (non-hydrogen) atoms. The average molecular weight is 340 g/mol. The molecule has 0 unspecified atom stereocenters. The molecule has 1 fully saturated rings. The Balaban J connectivity index is 1.42. The van der Waals surface area contributed by atoms with Crippen LogP contribution in [0.25, 0.3) is 0 Å². The van der Waals surface area contributed by atoms with Gasteiger partial charge in [0.05, 0.1) is 18.7 Å². The number of carbonyl (C=O) groups excluding carboxylic acids is 1. The summed E-state index contributed by atoms with van der Waals surface area (Å²) in [5, 5.41) is 7.43. The number of aromatic nitrogens is 2. The smallest absolute Gasteiger partial charge is 0.234 e. The maximum atomic E-state index is 12.3. The van der Waals surface area contributed by atoms with Crippen LogP contribution in [0.3, 0.4) is 0 Å². The quantitative estimate of drug-likeness (QED) is 0.898. The second-order valence-corrected chi connectivity index (χ2v) is 6.81. The van der Waals surface area contributed by atoms with Gasteiger partial charge in [-0.25, -0.2) is 0 Å². The van der Waals surface area contributed by atoms with Crippen LogP contribution in [0.1, 0.15) is 30.0 Å². The van der Waals surface area contributed by atoms with E-state index in [2.05, 4.69) is 39.6 Å². The summed E-state index contributed by atoms with van der Waals surface area (Å²) in [6, 6.07) is 10.5. The minimum Gasteiger partial charge on any atom is -0.376 e. The van der Waals surface area contributed by atoms with E-state index < -0.39 is 0 Å². The minimum absolute atomic E-state index is 0.0640. The number of nitrogens with one attached hydrogen (secondary N) is 1. The van der Waals surface area contributed by atoms with Crippen molar-refractivity contribution in [3.63, 3.8) is 0 Å². The number of rotatable bonds is 5. The largest absolute Gasteiger partial charge is 0.376 e. The van der Waals surface area contributed by atoms with E-state index in [0.29, 0.717) is 13.1 Å². The van der Waals surface area contributed by atoms with E-state index in [4.69, 9.17) is 4.74 Å². The highest BCUT2D eigenvalue weighted by molar-refractivity contribution is 5.78. The predicted octanol–water partition coefficient (Wildman–Crippen LogP) is 1.58. The van der Waals surface area contributed by atoms with Crippen LogP contribution in [0.2, 0.25) is 0 Å². The normalized spacial score (nSPS) is 23.4. The molecular weight excluding hydrogens is 316 g/mol. The van der Waals surface area contributed by atoms with Crippen molar-refractivity contribution >= 4 is 5.91 Å². The molecule has 0 saturated carbocycles. The Hall–Kier alpha value is -2.18. The van der Waals surface area contributed by atoms with Gasteiger partial charge in [0.2, 0.25) is 5.91 Å². The number of benzene rings is 1. The third-order valence-electron chi connectivity index (χ3n) is 5.00. The Labute approximate surface area is 147 Å². The molecule has 0 radical (unpaired) electrons. The second-order valence-electron chi connectivity index (χ2n) is 6.81. The molecule has 0 bridgehead atoms. The first kappa shape index (κ1) is 16.3. The van der Waals surface area contributed by atoms with Gasteiger partial charge in [-0.1, -0.05) is 24.3 Å². The molecule has 2 aliphatic rings. The molecule has 6 heteroatoms. The van der Waals surface area contributed by atoms with Gasteiger partial charge in [-0.3, -0.25) is 14.4 Å². The molecule has 6 nitrogen and oxygen atoms in total. The van der Waals surface area contributed by atoms with Gasteiger partial charge < -0.3 is 10.1 Å². The molecule has 2 aromatic rings. The van der Waals surface area contributed by atoms with Crippen molar-refractivity contribution < 1.29 is 9.53 Å². The van der Waals surface area contributed by atoms with Crippen LogP contribution in [0, 0.1) is 0 Å². The molecule has 2 aliphatic heterocycles. The van der Waals surface area contributed by atoms with Crippen molar-refractivity contribution in [2.75, 3.05) is 26.2 Å². The Morgan fingerprint density at radius 2 is 2.24 bits per heavy atom. The molecular formula is C19H24N4O2. The molecule has 2 atom stereocenters. The molecule has 1 aromatic carbocycles. The first-order chi connectivity index (χ1) is 12.3. The number of hydrogen-bond donors (Lipinski definition) is 1. The fourth-order valence-electron chi connectivity index (χ4n) is 3.76. The highest BCUT2D eigenvalue weighted by atomic mass is 16.5. The zero-order valence-electron chi connectivity index (χ0n) is 14.3. The van der Waals surface area contributed by atoms with Gasteiger partial charge in [0.15, 0.2) is 0 Å². The van der Waals surface area contributed by atoms with Crippen molar-refractivity contribution in [3.05, 3.63) is 53.9 Å². The lowest BCUT2D eigenvalue weighted by atomic mass is 9.95. The number of ether oxygens (including phenoxy) is 1. The number of fused-ring (bicyclic) bond motifs is 1. The molecule has 3 heterocycles. The lowest BCUT2D eigenvalue weighted by Crippen LogP contribution is -2.44. The third-order valence-corrected chi connectivity index (χ3v) is 5.00. The minimum atomic E-state index is 0.0640. The first-order valence-electron chi connectivity index (χ1n) is 8.97. The molecule has 1 aromatic heterocycles. The summed E-state index contributed by atoms with van der Waals surface area (Å²) < 4.78 is 7.55. The molecule has 132 valence electrons. The van der Waals surface area contributed by atoms with E-state index in [1.54, 1.807) is 6.20 Å². The molecule has 1 N–H and O–H groups in total. The number of hydrogen-bond acceptors (Lipinski definition) is 4. The van der Waals surface area contributed by atoms with Crippen LogP contribution >= 0.6 is 0 Å². The zero-order chi connectivity index (χ0) is 17.1. The van der Waals surface area contributed by atoms with E-state index in [1.807, 2.05) is 16.9 Å². The van der Waals surface area contributed by atoms with Crippen molar-refractivity contribution in [3.8, 4) is 0 Å². The zero-order valence-corrected chi connectivity index (χ0v) is 14.3. The number of nitrogens with zero attached hydrogens (tertiary/aromatic N) is 3. The van der Waals surface area contributed by atoms with Gasteiger partial charge >= 0.3 is 0 Å². The van der Waals surface area contributed by atoms with Crippen LogP contribution in [-0.4, -0.2) is 52.9 Å². The van der Waals surface area contributed by atoms with E-state index in [0.717, 1.165) is 32.5 Å². The standard InChI is InChI=1S/C19H24N4O2/c24-19(20-11-16-6-3-10-25-16)14-22-12-15-5-1-2-7-17(15)18(13-22)23-9-4-8-21-23/h1-2,4-5,7-9,16,18H,3,6,10-14H2,(H,20,24)/t16-,18+/m1/s1. The second kappa shape index (κ2) is 7.37. The third kappa shape index (κ3) is 3.75. The van der Waals surface area contributed by atoms with Crippen molar-refractivity contribution in [2.24, 2.45) is 0 Å². The van der Waals surface area contributed by atoms with E-state index >= 15 is 0 Å². The van der Waals surface area contributed by atoms with Crippen LogP contribution in [0.15, 0.2) is 42.7 Å². The van der Waals surface area contributed by atoms with Crippen molar-refractivity contribution in [1.82, 2.24) is 20.0 Å². The molecule has 4 rings (SSSR count). The predicted molar refractivity (Wildman–Crippen MR) is 94.1 cm³/mol. The maximum Gasteiger partial charge on any atom is 0.234 e. The van der Waals surface area contributed by atoms with Gasteiger partial charge in [-0.05, 0) is 30.0 Å². The summed E-state index contributed by atoms with van der Waals surface area (Å²) in [6.45, 7) is 3.41. The van der Waals surface area contributed by atoms with Crippen LogP contribution in [0.5, 0.6) is 0 Å². The monoisotopic (exact) mass is 340 g/mol. The molecule has 1 saturated heterocycles. The number of amides is 1. The van der Waals surface area contributed by atoms with Crippen molar-refractivity contribution in [1.29, 1.82) is 0 Å². The summed E-state index contributed by atoms with van der Waals surface area (Å²) in [4.78, 5) is 14.5. The maximum absolute atomic E-state index is 12.3. The fraction of sp³-hybridized carbons (Fsp3) is 0.474. The summed E-state index contributed by atoms with van der Waals surface area (Å²) in [5.74, 6) is 0.0640. The Morgan fingerprint density at radius 1 is 1.32 bits per heavy atom. The fourth-order valence-corrected chi connectivity index (χ4v) is 3.76.